The van der Waals surface area contributed by atoms with Gasteiger partial charge in [0.25, 0.3) is 0 Å². The van der Waals surface area contributed by atoms with E-state index in [2.05, 4.69) is 17.2 Å². The molecule has 1 saturated heterocycles. The molecular formula is C24H35N3O4. The molecule has 0 radical (unpaired) electrons. The van der Waals surface area contributed by atoms with Crippen molar-refractivity contribution in [3.05, 3.63) is 35.9 Å². The Balaban J connectivity index is 1.43. The molecule has 0 bridgehead atoms. The van der Waals surface area contributed by atoms with Crippen LogP contribution in [0.4, 0.5) is 4.79 Å². The van der Waals surface area contributed by atoms with Crippen LogP contribution in [-0.2, 0) is 20.9 Å². The normalized spacial score (nSPS) is 20.3. The standard InChI is InChI=1S/C24H35N3O4/c1-2-3-4-5-6-10-15-25-22(28)20-18-30-23(26-20)21-14-11-16-27(21)24(29)31-17-19-12-8-7-9-13-19/h7-9,12-13,20-21H,2-6,10-11,14-18H2,1H3,(H,25,28)/t20-,21?/m1/s1. The van der Waals surface area contributed by atoms with Crippen LogP contribution in [0, 0.1) is 0 Å². The first-order chi connectivity index (χ1) is 15.2. The highest BCUT2D eigenvalue weighted by Crippen LogP contribution is 2.23. The van der Waals surface area contributed by atoms with Gasteiger partial charge in [0.2, 0.25) is 11.8 Å². The fourth-order valence-electron chi connectivity index (χ4n) is 3.99. The number of unbranched alkanes of at least 4 members (excludes halogenated alkanes) is 5. The summed E-state index contributed by atoms with van der Waals surface area (Å²) < 4.78 is 11.2. The van der Waals surface area contributed by atoms with Gasteiger partial charge in [0.1, 0.15) is 19.3 Å². The highest BCUT2D eigenvalue weighted by Gasteiger charge is 2.38. The van der Waals surface area contributed by atoms with Crippen LogP contribution in [0.5, 0.6) is 0 Å². The third-order valence-corrected chi connectivity index (χ3v) is 5.78. The number of benzene rings is 1. The van der Waals surface area contributed by atoms with Crippen molar-refractivity contribution < 1.29 is 19.1 Å². The Kier molecular flexibility index (Phi) is 9.18. The third-order valence-electron chi connectivity index (χ3n) is 5.78. The van der Waals surface area contributed by atoms with Gasteiger partial charge in [0.15, 0.2) is 6.04 Å². The second kappa shape index (κ2) is 12.3. The van der Waals surface area contributed by atoms with E-state index in [1.165, 1.54) is 25.7 Å². The summed E-state index contributed by atoms with van der Waals surface area (Å²) in [5, 5.41) is 2.97. The highest BCUT2D eigenvalue weighted by atomic mass is 16.6. The lowest BCUT2D eigenvalue weighted by Gasteiger charge is -2.23. The lowest BCUT2D eigenvalue weighted by molar-refractivity contribution is -0.122. The van der Waals surface area contributed by atoms with Crippen molar-refractivity contribution in [1.82, 2.24) is 10.2 Å². The van der Waals surface area contributed by atoms with Crippen molar-refractivity contribution >= 4 is 17.9 Å². The minimum absolute atomic E-state index is 0.0974. The maximum atomic E-state index is 12.6. The van der Waals surface area contributed by atoms with Crippen molar-refractivity contribution in [2.45, 2.75) is 77.0 Å². The van der Waals surface area contributed by atoms with Crippen LogP contribution in [0.25, 0.3) is 0 Å². The summed E-state index contributed by atoms with van der Waals surface area (Å²) in [6, 6.07) is 8.83. The Morgan fingerprint density at radius 3 is 2.74 bits per heavy atom. The molecule has 0 aromatic heterocycles. The van der Waals surface area contributed by atoms with Crippen molar-refractivity contribution in [3.63, 3.8) is 0 Å². The second-order valence-electron chi connectivity index (χ2n) is 8.24. The van der Waals surface area contributed by atoms with Gasteiger partial charge >= 0.3 is 6.09 Å². The van der Waals surface area contributed by atoms with Gasteiger partial charge in [-0.3, -0.25) is 9.69 Å². The molecule has 2 aliphatic rings. The van der Waals surface area contributed by atoms with Crippen molar-refractivity contribution in [2.24, 2.45) is 4.99 Å². The largest absolute Gasteiger partial charge is 0.477 e. The van der Waals surface area contributed by atoms with E-state index in [-0.39, 0.29) is 31.3 Å². The molecule has 7 nitrogen and oxygen atoms in total. The Bertz CT molecular complexity index is 738. The maximum absolute atomic E-state index is 12.6. The summed E-state index contributed by atoms with van der Waals surface area (Å²) in [6.45, 7) is 3.96. The van der Waals surface area contributed by atoms with E-state index in [1.54, 1.807) is 4.90 Å². The summed E-state index contributed by atoms with van der Waals surface area (Å²) in [4.78, 5) is 31.2. The lowest BCUT2D eigenvalue weighted by Crippen LogP contribution is -2.41. The van der Waals surface area contributed by atoms with Crippen LogP contribution < -0.4 is 5.32 Å². The zero-order chi connectivity index (χ0) is 21.9. The van der Waals surface area contributed by atoms with Crippen LogP contribution in [0.1, 0.15) is 63.9 Å². The predicted octanol–water partition coefficient (Wildman–Crippen LogP) is 4.06. The van der Waals surface area contributed by atoms with Gasteiger partial charge in [-0.05, 0) is 24.8 Å². The molecular weight excluding hydrogens is 394 g/mol. The fraction of sp³-hybridized carbons (Fsp3) is 0.625. The smallest absolute Gasteiger partial charge is 0.410 e. The molecule has 1 unspecified atom stereocenters. The number of nitrogens with one attached hydrogen (secondary N) is 1. The first-order valence-electron chi connectivity index (χ1n) is 11.6. The van der Waals surface area contributed by atoms with Crippen LogP contribution in [0.3, 0.4) is 0 Å². The number of nitrogens with zero attached hydrogens (tertiary/aromatic N) is 2. The molecule has 1 N–H and O–H groups in total. The van der Waals surface area contributed by atoms with Crippen molar-refractivity contribution in [1.29, 1.82) is 0 Å². The first kappa shape index (κ1) is 23.1. The Morgan fingerprint density at radius 2 is 1.94 bits per heavy atom. The number of amides is 2. The number of likely N-dealkylation sites (tertiary alicyclic amines) is 1. The summed E-state index contributed by atoms with van der Waals surface area (Å²) in [5.74, 6) is 0.383. The van der Waals surface area contributed by atoms with Gasteiger partial charge in [-0.25, -0.2) is 9.79 Å². The summed E-state index contributed by atoms with van der Waals surface area (Å²) >= 11 is 0. The number of aliphatic imine (C=N–C) groups is 1. The van der Waals surface area contributed by atoms with Gasteiger partial charge in [0.05, 0.1) is 0 Å². The fourth-order valence-corrected chi connectivity index (χ4v) is 3.99. The Morgan fingerprint density at radius 1 is 1.16 bits per heavy atom. The second-order valence-corrected chi connectivity index (χ2v) is 8.24. The van der Waals surface area contributed by atoms with Gasteiger partial charge in [-0.15, -0.1) is 0 Å². The van der Waals surface area contributed by atoms with E-state index >= 15 is 0 Å². The minimum atomic E-state index is -0.530. The molecule has 170 valence electrons. The van der Waals surface area contributed by atoms with E-state index < -0.39 is 6.04 Å². The molecule has 2 heterocycles. The summed E-state index contributed by atoms with van der Waals surface area (Å²) in [7, 11) is 0. The number of carbonyl (C=O) groups excluding carboxylic acids is 2. The monoisotopic (exact) mass is 429 g/mol. The van der Waals surface area contributed by atoms with Crippen LogP contribution >= 0.6 is 0 Å². The zero-order valence-electron chi connectivity index (χ0n) is 18.6. The van der Waals surface area contributed by atoms with Crippen molar-refractivity contribution in [3.8, 4) is 0 Å². The Hall–Kier alpha value is -2.57. The minimum Gasteiger partial charge on any atom is -0.477 e. The number of carbonyl (C=O) groups is 2. The molecule has 2 amide bonds. The molecule has 3 rings (SSSR count). The SMILES string of the molecule is CCCCCCCCNC(=O)[C@H]1COC(C2CCCN2C(=O)OCc2ccccc2)=N1. The van der Waals surface area contributed by atoms with E-state index in [0.717, 1.165) is 31.2 Å². The van der Waals surface area contributed by atoms with E-state index in [9.17, 15) is 9.59 Å². The van der Waals surface area contributed by atoms with Crippen LogP contribution in [-0.4, -0.2) is 54.6 Å². The highest BCUT2D eigenvalue weighted by molar-refractivity contribution is 5.92. The average Bonchev–Trinajstić information content (AvgIpc) is 3.47. The topological polar surface area (TPSA) is 80.2 Å². The molecule has 0 aliphatic carbocycles. The molecule has 2 aliphatic heterocycles. The number of ether oxygens (including phenoxy) is 2. The third kappa shape index (κ3) is 6.97. The number of hydrogen-bond acceptors (Lipinski definition) is 5. The molecule has 0 spiro atoms. The molecule has 7 heteroatoms. The van der Waals surface area contributed by atoms with Crippen LogP contribution in [0.2, 0.25) is 0 Å². The van der Waals surface area contributed by atoms with E-state index in [1.807, 2.05) is 30.3 Å². The van der Waals surface area contributed by atoms with E-state index in [4.69, 9.17) is 9.47 Å². The summed E-state index contributed by atoms with van der Waals surface area (Å²) in [5.41, 5.74) is 0.947. The molecule has 1 aromatic rings. The van der Waals surface area contributed by atoms with Gasteiger partial charge < -0.3 is 14.8 Å². The van der Waals surface area contributed by atoms with Gasteiger partial charge in [0, 0.05) is 13.1 Å². The van der Waals surface area contributed by atoms with Crippen molar-refractivity contribution in [2.75, 3.05) is 19.7 Å². The van der Waals surface area contributed by atoms with E-state index in [0.29, 0.717) is 19.0 Å². The molecule has 1 fully saturated rings. The maximum Gasteiger partial charge on any atom is 0.410 e. The average molecular weight is 430 g/mol. The molecule has 1 aromatic carbocycles. The van der Waals surface area contributed by atoms with Gasteiger partial charge in [-0.1, -0.05) is 69.4 Å². The lowest BCUT2D eigenvalue weighted by atomic mass is 10.1. The number of hydrogen-bond donors (Lipinski definition) is 1. The zero-order valence-corrected chi connectivity index (χ0v) is 18.6. The molecule has 2 atom stereocenters. The molecule has 31 heavy (non-hydrogen) atoms. The molecule has 0 saturated carbocycles. The number of rotatable bonds is 11. The quantitative estimate of drug-likeness (QED) is 0.538. The Labute approximate surface area is 185 Å². The summed E-state index contributed by atoms with van der Waals surface area (Å²) in [6.07, 6.45) is 8.39. The van der Waals surface area contributed by atoms with Gasteiger partial charge in [-0.2, -0.15) is 0 Å². The van der Waals surface area contributed by atoms with Crippen LogP contribution in [0.15, 0.2) is 35.3 Å². The predicted molar refractivity (Wildman–Crippen MR) is 120 cm³/mol. The first-order valence-corrected chi connectivity index (χ1v) is 11.6.